The summed E-state index contributed by atoms with van der Waals surface area (Å²) in [5.74, 6) is 3.86. The maximum absolute atomic E-state index is 11.9. The average Bonchev–Trinajstić information content (AvgIpc) is 2.36. The van der Waals surface area contributed by atoms with E-state index in [1.165, 1.54) is 4.90 Å². The van der Waals surface area contributed by atoms with Gasteiger partial charge in [0.25, 0.3) is 0 Å². The summed E-state index contributed by atoms with van der Waals surface area (Å²) in [4.78, 5) is 23.9. The maximum atomic E-state index is 11.9. The molecule has 0 radical (unpaired) electrons. The number of nitrogens with zero attached hydrogens (tertiary/aromatic N) is 1. The van der Waals surface area contributed by atoms with Crippen LogP contribution in [0.5, 0.6) is 0 Å². The molecule has 2 atom stereocenters. The van der Waals surface area contributed by atoms with Crippen molar-refractivity contribution in [2.45, 2.75) is 19.3 Å². The lowest BCUT2D eigenvalue weighted by Gasteiger charge is -2.30. The fraction of sp³-hybridized carbons (Fsp3) is 0.692. The SMILES string of the molecule is O=C(O)CCC(=O)N1CCC#C[C@H](CO)C(CO)C1. The largest absolute Gasteiger partial charge is 0.481 e. The summed E-state index contributed by atoms with van der Waals surface area (Å²) < 4.78 is 0. The van der Waals surface area contributed by atoms with Crippen LogP contribution in [0.4, 0.5) is 0 Å². The van der Waals surface area contributed by atoms with Gasteiger partial charge in [0.1, 0.15) is 0 Å². The lowest BCUT2D eigenvalue weighted by molar-refractivity contribution is -0.141. The number of hydrogen-bond acceptors (Lipinski definition) is 4. The number of carbonyl (C=O) groups excluding carboxylic acids is 1. The van der Waals surface area contributed by atoms with Crippen molar-refractivity contribution in [2.24, 2.45) is 11.8 Å². The lowest BCUT2D eigenvalue weighted by Crippen LogP contribution is -2.41. The molecule has 1 aliphatic heterocycles. The molecule has 0 aliphatic carbocycles. The van der Waals surface area contributed by atoms with Crippen molar-refractivity contribution in [1.82, 2.24) is 4.90 Å². The van der Waals surface area contributed by atoms with E-state index in [1.807, 2.05) is 0 Å². The van der Waals surface area contributed by atoms with Crippen LogP contribution in [0.1, 0.15) is 19.3 Å². The molecule has 106 valence electrons. The Morgan fingerprint density at radius 2 is 1.95 bits per heavy atom. The normalized spacial score (nSPS) is 22.9. The van der Waals surface area contributed by atoms with Crippen LogP contribution in [-0.4, -0.2) is 58.4 Å². The molecule has 6 heteroatoms. The zero-order valence-electron chi connectivity index (χ0n) is 10.7. The van der Waals surface area contributed by atoms with E-state index in [-0.39, 0.29) is 43.8 Å². The van der Waals surface area contributed by atoms with Crippen molar-refractivity contribution in [2.75, 3.05) is 26.3 Å². The van der Waals surface area contributed by atoms with Crippen molar-refractivity contribution in [3.8, 4) is 11.8 Å². The number of amides is 1. The van der Waals surface area contributed by atoms with Gasteiger partial charge in [-0.2, -0.15) is 0 Å². The van der Waals surface area contributed by atoms with Gasteiger partial charge >= 0.3 is 5.97 Å². The smallest absolute Gasteiger partial charge is 0.303 e. The standard InChI is InChI=1S/C13H19NO5/c15-8-10-3-1-2-6-14(7-11(10)9-16)12(17)4-5-13(18)19/h10-11,15-16H,2,4-9H2,(H,18,19)/t10-,11?/m1/s1. The Hall–Kier alpha value is -1.58. The summed E-state index contributed by atoms with van der Waals surface area (Å²) in [6.07, 6.45) is 0.242. The summed E-state index contributed by atoms with van der Waals surface area (Å²) in [6.45, 7) is 0.410. The molecule has 0 saturated carbocycles. The Bertz CT molecular complexity index is 384. The van der Waals surface area contributed by atoms with Gasteiger partial charge in [-0.1, -0.05) is 5.92 Å². The summed E-state index contributed by atoms with van der Waals surface area (Å²) in [6, 6.07) is 0. The van der Waals surface area contributed by atoms with Gasteiger partial charge in [-0.25, -0.2) is 0 Å². The maximum Gasteiger partial charge on any atom is 0.303 e. The first kappa shape index (κ1) is 15.5. The van der Waals surface area contributed by atoms with Crippen molar-refractivity contribution < 1.29 is 24.9 Å². The quantitative estimate of drug-likeness (QED) is 0.574. The van der Waals surface area contributed by atoms with Gasteiger partial charge in [0.05, 0.1) is 18.9 Å². The predicted octanol–water partition coefficient (Wildman–Crippen LogP) is -0.696. The predicted molar refractivity (Wildman–Crippen MR) is 67.0 cm³/mol. The van der Waals surface area contributed by atoms with Crippen molar-refractivity contribution >= 4 is 11.9 Å². The molecule has 0 spiro atoms. The van der Waals surface area contributed by atoms with Gasteiger partial charge in [-0.05, 0) is 0 Å². The van der Waals surface area contributed by atoms with E-state index in [9.17, 15) is 19.8 Å². The molecule has 1 amide bonds. The molecule has 1 aliphatic rings. The van der Waals surface area contributed by atoms with Crippen molar-refractivity contribution in [1.29, 1.82) is 0 Å². The minimum absolute atomic E-state index is 0.0509. The van der Waals surface area contributed by atoms with Crippen LogP contribution in [0.3, 0.4) is 0 Å². The molecule has 6 nitrogen and oxygen atoms in total. The molecule has 3 N–H and O–H groups in total. The van der Waals surface area contributed by atoms with Gasteiger partial charge in [-0.15, -0.1) is 5.92 Å². The molecule has 19 heavy (non-hydrogen) atoms. The van der Waals surface area contributed by atoms with Crippen molar-refractivity contribution in [3.63, 3.8) is 0 Å². The summed E-state index contributed by atoms with van der Waals surface area (Å²) in [5.41, 5.74) is 0. The molecule has 0 aromatic heterocycles. The monoisotopic (exact) mass is 269 g/mol. The Labute approximate surface area is 112 Å². The van der Waals surface area contributed by atoms with E-state index in [1.54, 1.807) is 0 Å². The van der Waals surface area contributed by atoms with E-state index in [4.69, 9.17) is 5.11 Å². The Morgan fingerprint density at radius 3 is 2.53 bits per heavy atom. The van der Waals surface area contributed by atoms with E-state index < -0.39 is 5.97 Å². The number of carboxylic acid groups (broad SMARTS) is 1. The van der Waals surface area contributed by atoms with Gasteiger partial charge < -0.3 is 20.2 Å². The molecular formula is C13H19NO5. The Morgan fingerprint density at radius 1 is 1.21 bits per heavy atom. The number of aliphatic hydroxyl groups is 2. The van der Waals surface area contributed by atoms with Crippen LogP contribution in [0, 0.1) is 23.7 Å². The van der Waals surface area contributed by atoms with Gasteiger partial charge in [0.15, 0.2) is 0 Å². The van der Waals surface area contributed by atoms with Gasteiger partial charge in [-0.3, -0.25) is 9.59 Å². The molecule has 1 heterocycles. The topological polar surface area (TPSA) is 98.1 Å². The minimum Gasteiger partial charge on any atom is -0.481 e. The van der Waals surface area contributed by atoms with Gasteiger partial charge in [0, 0.05) is 38.5 Å². The third kappa shape index (κ3) is 4.89. The molecule has 0 fully saturated rings. The van der Waals surface area contributed by atoms with Crippen LogP contribution in [0.25, 0.3) is 0 Å². The second-order valence-electron chi connectivity index (χ2n) is 4.54. The zero-order valence-corrected chi connectivity index (χ0v) is 10.7. The summed E-state index contributed by atoms with van der Waals surface area (Å²) >= 11 is 0. The first-order valence-electron chi connectivity index (χ1n) is 6.28. The third-order valence-electron chi connectivity index (χ3n) is 3.15. The number of rotatable bonds is 5. The Kier molecular flexibility index (Phi) is 6.33. The number of carbonyl (C=O) groups is 2. The molecule has 1 unspecified atom stereocenters. The highest BCUT2D eigenvalue weighted by molar-refractivity contribution is 5.80. The summed E-state index contributed by atoms with van der Waals surface area (Å²) in [7, 11) is 0. The minimum atomic E-state index is -1.01. The molecular weight excluding hydrogens is 250 g/mol. The number of hydrogen-bond donors (Lipinski definition) is 3. The number of carboxylic acids is 1. The second kappa shape index (κ2) is 7.77. The van der Waals surface area contributed by atoms with Crippen LogP contribution < -0.4 is 0 Å². The highest BCUT2D eigenvalue weighted by atomic mass is 16.4. The molecule has 1 rings (SSSR count). The molecule has 0 saturated heterocycles. The molecule has 0 aromatic rings. The third-order valence-corrected chi connectivity index (χ3v) is 3.15. The van der Waals surface area contributed by atoms with Crippen molar-refractivity contribution in [3.05, 3.63) is 0 Å². The van der Waals surface area contributed by atoms with E-state index in [0.717, 1.165) is 0 Å². The number of aliphatic hydroxyl groups excluding tert-OH is 2. The van der Waals surface area contributed by atoms with Gasteiger partial charge in [0.2, 0.25) is 5.91 Å². The van der Waals surface area contributed by atoms with Crippen LogP contribution in [0.2, 0.25) is 0 Å². The molecule has 0 aromatic carbocycles. The number of aliphatic carboxylic acids is 1. The first-order chi connectivity index (χ1) is 9.08. The van der Waals surface area contributed by atoms with E-state index in [0.29, 0.717) is 19.5 Å². The molecule has 0 bridgehead atoms. The summed E-state index contributed by atoms with van der Waals surface area (Å²) in [5, 5.41) is 27.1. The van der Waals surface area contributed by atoms with E-state index >= 15 is 0 Å². The van der Waals surface area contributed by atoms with Crippen LogP contribution in [0.15, 0.2) is 0 Å². The average molecular weight is 269 g/mol. The fourth-order valence-corrected chi connectivity index (χ4v) is 1.99. The first-order valence-corrected chi connectivity index (χ1v) is 6.28. The highest BCUT2D eigenvalue weighted by Crippen LogP contribution is 2.16. The zero-order chi connectivity index (χ0) is 14.3. The highest BCUT2D eigenvalue weighted by Gasteiger charge is 2.25. The Balaban J connectivity index is 2.67. The van der Waals surface area contributed by atoms with E-state index in [2.05, 4.69) is 11.8 Å². The van der Waals surface area contributed by atoms with Crippen LogP contribution in [-0.2, 0) is 9.59 Å². The second-order valence-corrected chi connectivity index (χ2v) is 4.54. The fourth-order valence-electron chi connectivity index (χ4n) is 1.99. The van der Waals surface area contributed by atoms with Crippen LogP contribution >= 0.6 is 0 Å². The lowest BCUT2D eigenvalue weighted by atomic mass is 9.92.